The van der Waals surface area contributed by atoms with Gasteiger partial charge in [0.05, 0.1) is 33.7 Å². The van der Waals surface area contributed by atoms with Gasteiger partial charge in [-0.25, -0.2) is 4.57 Å². The summed E-state index contributed by atoms with van der Waals surface area (Å²) >= 11 is 0. The summed E-state index contributed by atoms with van der Waals surface area (Å²) in [5.74, 6) is -1.29. The van der Waals surface area contributed by atoms with Crippen LogP contribution in [0.1, 0.15) is 155 Å². The summed E-state index contributed by atoms with van der Waals surface area (Å²) in [6.07, 6.45) is 28.8. The van der Waals surface area contributed by atoms with Crippen LogP contribution in [0.5, 0.6) is 0 Å². The van der Waals surface area contributed by atoms with Crippen molar-refractivity contribution in [2.75, 3.05) is 47.5 Å². The molecule has 0 aliphatic heterocycles. The molecule has 1 N–H and O–H groups in total. The quantitative estimate of drug-likeness (QED) is 0.0175. The highest BCUT2D eigenvalue weighted by Gasteiger charge is 2.28. The second-order valence-corrected chi connectivity index (χ2v) is 15.5. The molecule has 0 bridgehead atoms. The fourth-order valence-corrected chi connectivity index (χ4v) is 5.99. The van der Waals surface area contributed by atoms with Crippen LogP contribution in [0.2, 0.25) is 0 Å². The van der Waals surface area contributed by atoms with Gasteiger partial charge in [-0.15, -0.1) is 0 Å². The Balaban J connectivity index is 4.43. The number of nitrogens with zero attached hydrogens (tertiary/aromatic N) is 1. The van der Waals surface area contributed by atoms with Gasteiger partial charge in [0, 0.05) is 12.8 Å². The molecule has 9 nitrogen and oxygen atoms in total. The molecule has 10 heteroatoms. The zero-order valence-electron chi connectivity index (χ0n) is 30.6. The summed E-state index contributed by atoms with van der Waals surface area (Å²) in [5.41, 5.74) is 0. The van der Waals surface area contributed by atoms with Crippen LogP contribution in [0.4, 0.5) is 0 Å². The van der Waals surface area contributed by atoms with E-state index in [1.165, 1.54) is 70.3 Å². The van der Waals surface area contributed by atoms with Crippen LogP contribution in [0, 0.1) is 5.92 Å². The summed E-state index contributed by atoms with van der Waals surface area (Å²) in [6, 6.07) is 0. The van der Waals surface area contributed by atoms with Crippen LogP contribution in [-0.2, 0) is 32.7 Å². The Morgan fingerprint density at radius 2 is 1.19 bits per heavy atom. The number of rotatable bonds is 35. The molecule has 0 spiro atoms. The van der Waals surface area contributed by atoms with Crippen molar-refractivity contribution in [3.8, 4) is 0 Å². The van der Waals surface area contributed by atoms with Gasteiger partial charge in [-0.05, 0) is 31.8 Å². The number of unbranched alkanes of at least 4 members (excludes halogenated alkanes) is 19. The molecule has 0 aliphatic carbocycles. The number of allylic oxidation sites excluding steroid dienone is 2. The van der Waals surface area contributed by atoms with Gasteiger partial charge in [-0.2, -0.15) is 0 Å². The van der Waals surface area contributed by atoms with Gasteiger partial charge >= 0.3 is 13.8 Å². The molecule has 276 valence electrons. The van der Waals surface area contributed by atoms with Gasteiger partial charge in [-0.1, -0.05) is 122 Å². The third-order valence-electron chi connectivity index (χ3n) is 8.35. The minimum Gasteiger partial charge on any atom is -0.465 e. The summed E-state index contributed by atoms with van der Waals surface area (Å²) in [6.45, 7) is 2.32. The van der Waals surface area contributed by atoms with Gasteiger partial charge in [0.1, 0.15) is 31.8 Å². The SMILES string of the molecule is CCCCCCCCCCCCCCCC(=O)OCC(COP(=O)(O)OCC[N+](C)(C)C)C(=O)CCCCCCCCC/C=C/C=O. The number of quaternary nitrogens is 1. The van der Waals surface area contributed by atoms with Gasteiger partial charge in [-0.3, -0.25) is 23.4 Å². The zero-order valence-corrected chi connectivity index (χ0v) is 31.5. The largest absolute Gasteiger partial charge is 0.472 e. The van der Waals surface area contributed by atoms with Gasteiger partial charge in [0.25, 0.3) is 0 Å². The van der Waals surface area contributed by atoms with Crippen molar-refractivity contribution in [1.82, 2.24) is 0 Å². The fourth-order valence-electron chi connectivity index (χ4n) is 5.24. The number of phosphoric acid groups is 1. The molecule has 2 atom stereocenters. The number of esters is 1. The van der Waals surface area contributed by atoms with E-state index in [0.29, 0.717) is 30.3 Å². The van der Waals surface area contributed by atoms with Crippen LogP contribution in [0.3, 0.4) is 0 Å². The lowest BCUT2D eigenvalue weighted by Crippen LogP contribution is -2.37. The molecule has 0 aromatic rings. The van der Waals surface area contributed by atoms with Gasteiger partial charge < -0.3 is 14.1 Å². The molecule has 0 aromatic carbocycles. The Morgan fingerprint density at radius 3 is 1.70 bits per heavy atom. The highest BCUT2D eigenvalue weighted by molar-refractivity contribution is 7.47. The Bertz CT molecular complexity index is 858. The molecule has 0 radical (unpaired) electrons. The van der Waals surface area contributed by atoms with E-state index < -0.39 is 13.7 Å². The second kappa shape index (κ2) is 30.7. The van der Waals surface area contributed by atoms with E-state index in [4.69, 9.17) is 13.8 Å². The first kappa shape index (κ1) is 45.6. The minimum atomic E-state index is -4.34. The molecule has 0 fully saturated rings. The number of aldehydes is 1. The number of Topliss-reactive ketones (excluding diaryl/α,β-unsaturated/α-hetero) is 1. The van der Waals surface area contributed by atoms with Crippen molar-refractivity contribution in [3.05, 3.63) is 12.2 Å². The molecule has 0 amide bonds. The molecular weight excluding hydrogens is 617 g/mol. The third kappa shape index (κ3) is 32.9. The minimum absolute atomic E-state index is 0.0411. The first-order chi connectivity index (χ1) is 22.5. The Hall–Kier alpha value is -1.38. The van der Waals surface area contributed by atoms with Crippen molar-refractivity contribution in [2.45, 2.75) is 155 Å². The molecule has 0 aliphatic rings. The number of ether oxygens (including phenoxy) is 1. The predicted octanol–water partition coefficient (Wildman–Crippen LogP) is 9.30. The van der Waals surface area contributed by atoms with Gasteiger partial charge in [0.2, 0.25) is 0 Å². The van der Waals surface area contributed by atoms with Crippen molar-refractivity contribution in [1.29, 1.82) is 0 Å². The monoisotopic (exact) mass is 688 g/mol. The summed E-state index contributed by atoms with van der Waals surface area (Å²) < 4.78 is 28.8. The maximum Gasteiger partial charge on any atom is 0.472 e. The average molecular weight is 689 g/mol. The van der Waals surface area contributed by atoms with Crippen LogP contribution in [0.25, 0.3) is 0 Å². The van der Waals surface area contributed by atoms with E-state index in [1.54, 1.807) is 0 Å². The molecule has 0 aromatic heterocycles. The maximum absolute atomic E-state index is 13.0. The van der Waals surface area contributed by atoms with Crippen LogP contribution in [0.15, 0.2) is 12.2 Å². The number of likely N-dealkylation sites (N-methyl/N-ethyl adjacent to an activating group) is 1. The Morgan fingerprint density at radius 1 is 0.702 bits per heavy atom. The third-order valence-corrected chi connectivity index (χ3v) is 9.33. The molecule has 0 saturated carbocycles. The number of ketones is 1. The van der Waals surface area contributed by atoms with E-state index in [0.717, 1.165) is 70.5 Å². The number of carbonyl (C=O) groups is 3. The Labute approximate surface area is 287 Å². The summed E-state index contributed by atoms with van der Waals surface area (Å²) in [4.78, 5) is 45.9. The lowest BCUT2D eigenvalue weighted by atomic mass is 9.99. The number of hydrogen-bond donors (Lipinski definition) is 1. The zero-order chi connectivity index (χ0) is 35.1. The highest BCUT2D eigenvalue weighted by atomic mass is 31.2. The smallest absolute Gasteiger partial charge is 0.465 e. The maximum atomic E-state index is 13.0. The number of hydrogen-bond acceptors (Lipinski definition) is 7. The molecule has 47 heavy (non-hydrogen) atoms. The van der Waals surface area contributed by atoms with Crippen LogP contribution < -0.4 is 0 Å². The molecule has 0 rings (SSSR count). The molecular formula is C37H71NO8P+. The first-order valence-electron chi connectivity index (χ1n) is 18.7. The van der Waals surface area contributed by atoms with Crippen molar-refractivity contribution in [2.24, 2.45) is 5.92 Å². The lowest BCUT2D eigenvalue weighted by Gasteiger charge is -2.24. The Kier molecular flexibility index (Phi) is 29.8. The summed E-state index contributed by atoms with van der Waals surface area (Å²) in [5, 5.41) is 0. The first-order valence-corrected chi connectivity index (χ1v) is 20.2. The van der Waals surface area contributed by atoms with Gasteiger partial charge in [0.15, 0.2) is 0 Å². The molecule has 2 unspecified atom stereocenters. The van der Waals surface area contributed by atoms with E-state index in [2.05, 4.69) is 6.92 Å². The molecule has 0 saturated heterocycles. The molecule has 0 heterocycles. The van der Waals surface area contributed by atoms with E-state index in [9.17, 15) is 23.8 Å². The normalized spacial score (nSPS) is 13.9. The van der Waals surface area contributed by atoms with Crippen LogP contribution >= 0.6 is 7.82 Å². The van der Waals surface area contributed by atoms with E-state index >= 15 is 0 Å². The topological polar surface area (TPSA) is 116 Å². The standard InChI is InChI=1S/C37H70NO8P/c1-5-6-7-8-9-10-11-12-13-17-20-23-26-29-37(41)44-33-35(34-46-47(42,43)45-32-30-38(2,3)4)36(40)28-25-22-19-16-14-15-18-21-24-27-31-39/h24,27,31,35H,5-23,25-26,28-30,32-34H2,1-4H3/p+1/b27-24+. The van der Waals surface area contributed by atoms with E-state index in [1.807, 2.05) is 27.2 Å². The van der Waals surface area contributed by atoms with Crippen molar-refractivity contribution < 1.29 is 42.1 Å². The number of carbonyl (C=O) groups excluding carboxylic acids is 3. The van der Waals surface area contributed by atoms with Crippen molar-refractivity contribution >= 4 is 25.9 Å². The lowest BCUT2D eigenvalue weighted by molar-refractivity contribution is -0.870. The van der Waals surface area contributed by atoms with Crippen molar-refractivity contribution in [3.63, 3.8) is 0 Å². The summed E-state index contributed by atoms with van der Waals surface area (Å²) in [7, 11) is 1.50. The van der Waals surface area contributed by atoms with Crippen LogP contribution in [-0.4, -0.2) is 74.9 Å². The fraction of sp³-hybridized carbons (Fsp3) is 0.865. The second-order valence-electron chi connectivity index (χ2n) is 14.0. The average Bonchev–Trinajstić information content (AvgIpc) is 3.01. The highest BCUT2D eigenvalue weighted by Crippen LogP contribution is 2.43. The number of phosphoric ester groups is 1. The predicted molar refractivity (Wildman–Crippen MR) is 191 cm³/mol. The van der Waals surface area contributed by atoms with E-state index in [-0.39, 0.29) is 31.6 Å².